The van der Waals surface area contributed by atoms with Gasteiger partial charge in [-0.1, -0.05) is 47.6 Å². The van der Waals surface area contributed by atoms with E-state index in [9.17, 15) is 4.79 Å². The molecule has 0 spiro atoms. The smallest absolute Gasteiger partial charge is 0.338 e. The summed E-state index contributed by atoms with van der Waals surface area (Å²) in [7, 11) is 0. The van der Waals surface area contributed by atoms with Gasteiger partial charge in [-0.2, -0.15) is 0 Å². The Balaban J connectivity index is 2.49. The molecule has 2 aromatic rings. The van der Waals surface area contributed by atoms with Crippen molar-refractivity contribution in [2.24, 2.45) is 0 Å². The van der Waals surface area contributed by atoms with Crippen LogP contribution in [0.25, 0.3) is 0 Å². The van der Waals surface area contributed by atoms with E-state index in [2.05, 4.69) is 71.6 Å². The van der Waals surface area contributed by atoms with Crippen molar-refractivity contribution in [3.63, 3.8) is 0 Å². The van der Waals surface area contributed by atoms with E-state index in [0.29, 0.717) is 12.2 Å². The number of rotatable bonds is 5. The van der Waals surface area contributed by atoms with Gasteiger partial charge in [-0.25, -0.2) is 4.79 Å². The molecule has 2 aromatic carbocycles. The highest BCUT2D eigenvalue weighted by Crippen LogP contribution is 2.35. The molecular formula is C25H35NO2. The highest BCUT2D eigenvalue weighted by molar-refractivity contribution is 5.90. The van der Waals surface area contributed by atoms with E-state index in [1.807, 2.05) is 31.2 Å². The second-order valence-corrected chi connectivity index (χ2v) is 9.28. The molecule has 0 aromatic heterocycles. The van der Waals surface area contributed by atoms with E-state index < -0.39 is 0 Å². The quantitative estimate of drug-likeness (QED) is 0.545. The first kappa shape index (κ1) is 22.0. The predicted molar refractivity (Wildman–Crippen MR) is 119 cm³/mol. The van der Waals surface area contributed by atoms with Gasteiger partial charge in [0.15, 0.2) is 0 Å². The Hall–Kier alpha value is -2.29. The lowest BCUT2D eigenvalue weighted by molar-refractivity contribution is 0.0526. The maximum atomic E-state index is 11.9. The third-order valence-electron chi connectivity index (χ3n) is 4.97. The van der Waals surface area contributed by atoms with Gasteiger partial charge in [-0.05, 0) is 72.2 Å². The number of hydrogen-bond donors (Lipinski definition) is 0. The summed E-state index contributed by atoms with van der Waals surface area (Å²) < 4.78 is 5.09. The van der Waals surface area contributed by atoms with Crippen LogP contribution in [0.1, 0.15) is 76.9 Å². The van der Waals surface area contributed by atoms with Crippen LogP contribution in [0.2, 0.25) is 0 Å². The summed E-state index contributed by atoms with van der Waals surface area (Å²) in [6, 6.07) is 14.6. The first-order valence-electron chi connectivity index (χ1n) is 10.2. The lowest BCUT2D eigenvalue weighted by Crippen LogP contribution is -2.21. The van der Waals surface area contributed by atoms with E-state index in [1.54, 1.807) is 0 Å². The highest BCUT2D eigenvalue weighted by Gasteiger charge is 2.22. The average molecular weight is 382 g/mol. The van der Waals surface area contributed by atoms with Crippen molar-refractivity contribution in [1.29, 1.82) is 0 Å². The molecule has 0 fully saturated rings. The Morgan fingerprint density at radius 1 is 0.821 bits per heavy atom. The van der Waals surface area contributed by atoms with Crippen LogP contribution in [0.5, 0.6) is 0 Å². The Kier molecular flexibility index (Phi) is 6.59. The molecule has 0 atom stereocenters. The second kappa shape index (κ2) is 8.38. The molecule has 2 rings (SSSR count). The van der Waals surface area contributed by atoms with Crippen molar-refractivity contribution >= 4 is 17.3 Å². The molecular weight excluding hydrogens is 346 g/mol. The summed E-state index contributed by atoms with van der Waals surface area (Å²) in [5.41, 5.74) is 5.64. The van der Waals surface area contributed by atoms with Crippen molar-refractivity contribution in [3.8, 4) is 0 Å². The van der Waals surface area contributed by atoms with Gasteiger partial charge in [0.1, 0.15) is 0 Å². The monoisotopic (exact) mass is 381 g/mol. The molecule has 152 valence electrons. The SMILES string of the molecule is CCOC(=O)c1ccc(N(CC)c2cc(C(C)(C)C)cc(C(C)(C)C)c2)cc1. The molecule has 0 N–H and O–H groups in total. The summed E-state index contributed by atoms with van der Waals surface area (Å²) in [5, 5.41) is 0. The van der Waals surface area contributed by atoms with Gasteiger partial charge in [0.05, 0.1) is 12.2 Å². The normalized spacial score (nSPS) is 12.0. The van der Waals surface area contributed by atoms with Gasteiger partial charge in [-0.15, -0.1) is 0 Å². The molecule has 0 aliphatic heterocycles. The number of ether oxygens (including phenoxy) is 1. The fourth-order valence-electron chi connectivity index (χ4n) is 3.14. The summed E-state index contributed by atoms with van der Waals surface area (Å²) in [6.45, 7) is 18.7. The molecule has 0 aliphatic carbocycles. The van der Waals surface area contributed by atoms with Gasteiger partial charge in [0.25, 0.3) is 0 Å². The lowest BCUT2D eigenvalue weighted by Gasteiger charge is -2.30. The topological polar surface area (TPSA) is 29.5 Å². The molecule has 0 radical (unpaired) electrons. The summed E-state index contributed by atoms with van der Waals surface area (Å²) in [4.78, 5) is 14.2. The van der Waals surface area contributed by atoms with E-state index >= 15 is 0 Å². The van der Waals surface area contributed by atoms with Crippen LogP contribution >= 0.6 is 0 Å². The minimum atomic E-state index is -0.276. The Labute approximate surface area is 170 Å². The number of nitrogens with zero attached hydrogens (tertiary/aromatic N) is 1. The largest absolute Gasteiger partial charge is 0.462 e. The van der Waals surface area contributed by atoms with E-state index in [-0.39, 0.29) is 16.8 Å². The standard InChI is InChI=1S/C25H35NO2/c1-9-26(21-13-11-18(12-14-21)23(27)28-10-2)22-16-19(24(3,4)5)15-20(17-22)25(6,7)8/h11-17H,9-10H2,1-8H3. The van der Waals surface area contributed by atoms with Gasteiger partial charge in [0, 0.05) is 17.9 Å². The maximum Gasteiger partial charge on any atom is 0.338 e. The van der Waals surface area contributed by atoms with E-state index in [4.69, 9.17) is 4.74 Å². The number of carbonyl (C=O) groups is 1. The van der Waals surface area contributed by atoms with Gasteiger partial charge in [-0.3, -0.25) is 0 Å². The second-order valence-electron chi connectivity index (χ2n) is 9.28. The fourth-order valence-corrected chi connectivity index (χ4v) is 3.14. The van der Waals surface area contributed by atoms with Crippen LogP contribution in [-0.2, 0) is 15.6 Å². The lowest BCUT2D eigenvalue weighted by atomic mass is 9.80. The van der Waals surface area contributed by atoms with Crippen LogP contribution in [-0.4, -0.2) is 19.1 Å². The number of esters is 1. The van der Waals surface area contributed by atoms with Gasteiger partial charge < -0.3 is 9.64 Å². The van der Waals surface area contributed by atoms with Crippen molar-refractivity contribution < 1.29 is 9.53 Å². The fraction of sp³-hybridized carbons (Fsp3) is 0.480. The molecule has 0 unspecified atom stereocenters. The molecule has 28 heavy (non-hydrogen) atoms. The molecule has 3 heteroatoms. The summed E-state index contributed by atoms with van der Waals surface area (Å²) >= 11 is 0. The van der Waals surface area contributed by atoms with Crippen LogP contribution in [0, 0.1) is 0 Å². The number of hydrogen-bond acceptors (Lipinski definition) is 3. The maximum absolute atomic E-state index is 11.9. The Morgan fingerprint density at radius 3 is 1.71 bits per heavy atom. The zero-order valence-corrected chi connectivity index (χ0v) is 18.7. The molecule has 0 heterocycles. The molecule has 3 nitrogen and oxygen atoms in total. The molecule has 0 saturated carbocycles. The number of carbonyl (C=O) groups excluding carboxylic acids is 1. The zero-order valence-electron chi connectivity index (χ0n) is 18.7. The molecule has 0 aliphatic rings. The van der Waals surface area contributed by atoms with Crippen molar-refractivity contribution in [2.75, 3.05) is 18.1 Å². The highest BCUT2D eigenvalue weighted by atomic mass is 16.5. The van der Waals surface area contributed by atoms with Gasteiger partial charge in [0.2, 0.25) is 0 Å². The van der Waals surface area contributed by atoms with Crippen molar-refractivity contribution in [3.05, 3.63) is 59.2 Å². The summed E-state index contributed by atoms with van der Waals surface area (Å²) in [5.74, 6) is -0.276. The first-order valence-corrected chi connectivity index (χ1v) is 10.2. The van der Waals surface area contributed by atoms with E-state index in [0.717, 1.165) is 12.2 Å². The van der Waals surface area contributed by atoms with E-state index in [1.165, 1.54) is 16.8 Å². The Bertz CT molecular complexity index is 776. The van der Waals surface area contributed by atoms with Crippen LogP contribution in [0.15, 0.2) is 42.5 Å². The average Bonchev–Trinajstić information content (AvgIpc) is 2.61. The van der Waals surface area contributed by atoms with Gasteiger partial charge >= 0.3 is 5.97 Å². The molecule has 0 bridgehead atoms. The Morgan fingerprint density at radius 2 is 1.32 bits per heavy atom. The number of benzene rings is 2. The van der Waals surface area contributed by atoms with Crippen LogP contribution < -0.4 is 4.90 Å². The van der Waals surface area contributed by atoms with Crippen LogP contribution in [0.4, 0.5) is 11.4 Å². The third kappa shape index (κ3) is 5.15. The summed E-state index contributed by atoms with van der Waals surface area (Å²) in [6.07, 6.45) is 0. The minimum absolute atomic E-state index is 0.0726. The van der Waals surface area contributed by atoms with Crippen molar-refractivity contribution in [2.45, 2.75) is 66.2 Å². The number of anilines is 2. The predicted octanol–water partition coefficient (Wildman–Crippen LogP) is 6.62. The molecule has 0 saturated heterocycles. The minimum Gasteiger partial charge on any atom is -0.462 e. The zero-order chi connectivity index (χ0) is 21.1. The van der Waals surface area contributed by atoms with Crippen molar-refractivity contribution in [1.82, 2.24) is 0 Å². The van der Waals surface area contributed by atoms with Crippen LogP contribution in [0.3, 0.4) is 0 Å². The first-order chi connectivity index (χ1) is 13.0. The molecule has 0 amide bonds. The third-order valence-corrected chi connectivity index (χ3v) is 4.97.